The van der Waals surface area contributed by atoms with Crippen LogP contribution < -0.4 is 4.31 Å². The van der Waals surface area contributed by atoms with E-state index in [2.05, 4.69) is 4.98 Å². The number of halogens is 1. The van der Waals surface area contributed by atoms with Crippen LogP contribution in [0, 0.1) is 12.7 Å². The second-order valence-corrected chi connectivity index (χ2v) is 8.76. The van der Waals surface area contributed by atoms with Gasteiger partial charge in [-0.15, -0.1) is 0 Å². The lowest BCUT2D eigenvalue weighted by atomic mass is 10.1. The Bertz CT molecular complexity index is 1460. The minimum Gasteiger partial charge on any atom is -0.465 e. The molecule has 0 bridgehead atoms. The maximum absolute atomic E-state index is 13.5. The van der Waals surface area contributed by atoms with Crippen molar-refractivity contribution in [2.24, 2.45) is 0 Å². The molecule has 0 saturated heterocycles. The Hall–Kier alpha value is -4.05. The summed E-state index contributed by atoms with van der Waals surface area (Å²) in [5, 5.41) is 0.277. The van der Waals surface area contributed by atoms with E-state index in [1.807, 2.05) is 0 Å². The molecule has 2 aromatic carbocycles. The van der Waals surface area contributed by atoms with E-state index in [1.165, 1.54) is 49.8 Å². The van der Waals surface area contributed by atoms with Crippen molar-refractivity contribution in [3.05, 3.63) is 89.7 Å². The quantitative estimate of drug-likeness (QED) is 0.406. The monoisotopic (exact) mass is 468 g/mol. The zero-order valence-electron chi connectivity index (χ0n) is 17.5. The van der Waals surface area contributed by atoms with Gasteiger partial charge in [-0.2, -0.15) is 4.31 Å². The number of furan rings is 1. The van der Waals surface area contributed by atoms with Gasteiger partial charge in [-0.25, -0.2) is 17.6 Å². The molecule has 0 aliphatic carbocycles. The van der Waals surface area contributed by atoms with E-state index in [4.69, 9.17) is 9.15 Å². The minimum absolute atomic E-state index is 0.0420. The number of aryl methyl sites for hydroxylation is 1. The van der Waals surface area contributed by atoms with Crippen molar-refractivity contribution in [1.82, 2.24) is 4.98 Å². The van der Waals surface area contributed by atoms with Crippen LogP contribution >= 0.6 is 0 Å². The second kappa shape index (κ2) is 8.47. The summed E-state index contributed by atoms with van der Waals surface area (Å²) in [7, 11) is -3.26. The standard InChI is InChI=1S/C23H17FN2O6S/c1-14-21(23(28)31-2)19-13-17(5-8-20(19)32-14)26(22(27)15-9-11-25-12-10-15)33(29,30)18-6-3-16(24)4-7-18/h3-13H,1-2H3. The summed E-state index contributed by atoms with van der Waals surface area (Å²) >= 11 is 0. The van der Waals surface area contributed by atoms with Crippen molar-refractivity contribution in [1.29, 1.82) is 0 Å². The molecule has 10 heteroatoms. The van der Waals surface area contributed by atoms with Crippen LogP contribution in [0.3, 0.4) is 0 Å². The molecule has 2 aromatic heterocycles. The number of esters is 1. The Labute approximate surface area is 188 Å². The summed E-state index contributed by atoms with van der Waals surface area (Å²) in [5.41, 5.74) is 0.448. The van der Waals surface area contributed by atoms with Crippen LogP contribution in [-0.2, 0) is 14.8 Å². The summed E-state index contributed by atoms with van der Waals surface area (Å²) in [4.78, 5) is 29.2. The lowest BCUT2D eigenvalue weighted by Crippen LogP contribution is -2.37. The van der Waals surface area contributed by atoms with E-state index >= 15 is 0 Å². The Morgan fingerprint density at radius 1 is 1.03 bits per heavy atom. The molecule has 0 N–H and O–H groups in total. The van der Waals surface area contributed by atoms with Crippen LogP contribution in [-0.4, -0.2) is 32.4 Å². The SMILES string of the molecule is COC(=O)c1c(C)oc2ccc(N(C(=O)c3ccncc3)S(=O)(=O)c3ccc(F)cc3)cc12. The lowest BCUT2D eigenvalue weighted by Gasteiger charge is -2.23. The molecule has 0 atom stereocenters. The van der Waals surface area contributed by atoms with E-state index in [-0.39, 0.29) is 32.9 Å². The Balaban J connectivity index is 1.95. The Kier molecular flexibility index (Phi) is 5.69. The third kappa shape index (κ3) is 3.96. The number of pyridine rings is 1. The Morgan fingerprint density at radius 3 is 2.33 bits per heavy atom. The van der Waals surface area contributed by atoms with Gasteiger partial charge in [0.1, 0.15) is 22.7 Å². The minimum atomic E-state index is -4.47. The molecule has 0 aliphatic rings. The van der Waals surface area contributed by atoms with Gasteiger partial charge >= 0.3 is 5.97 Å². The number of fused-ring (bicyclic) bond motifs is 1. The summed E-state index contributed by atoms with van der Waals surface area (Å²) in [6, 6.07) is 11.0. The highest BCUT2D eigenvalue weighted by atomic mass is 32.2. The molecule has 2 heterocycles. The molecule has 33 heavy (non-hydrogen) atoms. The largest absolute Gasteiger partial charge is 0.465 e. The average Bonchev–Trinajstić information content (AvgIpc) is 3.14. The third-order valence-electron chi connectivity index (χ3n) is 4.94. The van der Waals surface area contributed by atoms with Gasteiger partial charge in [0.15, 0.2) is 0 Å². The first-order valence-corrected chi connectivity index (χ1v) is 11.0. The number of ether oxygens (including phenoxy) is 1. The lowest BCUT2D eigenvalue weighted by molar-refractivity contribution is 0.0600. The zero-order chi connectivity index (χ0) is 23.8. The van der Waals surface area contributed by atoms with Gasteiger partial charge in [0.25, 0.3) is 15.9 Å². The number of methoxy groups -OCH3 is 1. The summed E-state index contributed by atoms with van der Waals surface area (Å²) < 4.78 is 51.5. The number of nitrogens with zero attached hydrogens (tertiary/aromatic N) is 2. The number of hydrogen-bond donors (Lipinski definition) is 0. The topological polar surface area (TPSA) is 107 Å². The molecular weight excluding hydrogens is 451 g/mol. The number of carbonyl (C=O) groups excluding carboxylic acids is 2. The van der Waals surface area contributed by atoms with Gasteiger partial charge in [0, 0.05) is 23.3 Å². The number of sulfonamides is 1. The van der Waals surface area contributed by atoms with E-state index < -0.39 is 27.7 Å². The van der Waals surface area contributed by atoms with Crippen molar-refractivity contribution in [3.8, 4) is 0 Å². The van der Waals surface area contributed by atoms with Crippen molar-refractivity contribution in [2.45, 2.75) is 11.8 Å². The van der Waals surface area contributed by atoms with Gasteiger partial charge in [-0.3, -0.25) is 9.78 Å². The maximum Gasteiger partial charge on any atom is 0.342 e. The first-order chi connectivity index (χ1) is 15.7. The van der Waals surface area contributed by atoms with Crippen molar-refractivity contribution in [2.75, 3.05) is 11.4 Å². The number of aromatic nitrogens is 1. The molecule has 0 radical (unpaired) electrons. The fraction of sp³-hybridized carbons (Fsp3) is 0.0870. The van der Waals surface area contributed by atoms with Crippen LogP contribution in [0.25, 0.3) is 11.0 Å². The summed E-state index contributed by atoms with van der Waals surface area (Å²) in [6.07, 6.45) is 2.71. The fourth-order valence-corrected chi connectivity index (χ4v) is 4.78. The zero-order valence-corrected chi connectivity index (χ0v) is 18.3. The number of hydrogen-bond acceptors (Lipinski definition) is 7. The average molecular weight is 468 g/mol. The van der Waals surface area contributed by atoms with Gasteiger partial charge in [-0.05, 0) is 61.5 Å². The second-order valence-electron chi connectivity index (χ2n) is 6.97. The molecule has 4 rings (SSSR count). The highest BCUT2D eigenvalue weighted by molar-refractivity contribution is 7.93. The third-order valence-corrected chi connectivity index (χ3v) is 6.66. The van der Waals surface area contributed by atoms with E-state index in [0.29, 0.717) is 9.89 Å². The molecule has 168 valence electrons. The van der Waals surface area contributed by atoms with Crippen molar-refractivity contribution < 1.29 is 31.6 Å². The highest BCUT2D eigenvalue weighted by Crippen LogP contribution is 2.33. The van der Waals surface area contributed by atoms with Crippen LogP contribution in [0.4, 0.5) is 10.1 Å². The molecule has 0 spiro atoms. The predicted octanol–water partition coefficient (Wildman–Crippen LogP) is 4.10. The van der Waals surface area contributed by atoms with E-state index in [0.717, 1.165) is 24.3 Å². The number of benzene rings is 2. The first-order valence-electron chi connectivity index (χ1n) is 9.60. The molecule has 0 aliphatic heterocycles. The molecule has 8 nitrogen and oxygen atoms in total. The van der Waals surface area contributed by atoms with Gasteiger partial charge < -0.3 is 9.15 Å². The summed E-state index contributed by atoms with van der Waals surface area (Å²) in [6.45, 7) is 1.57. The number of carbonyl (C=O) groups is 2. The smallest absolute Gasteiger partial charge is 0.342 e. The normalized spacial score (nSPS) is 11.4. The molecule has 0 saturated carbocycles. The molecule has 0 fully saturated rings. The number of amides is 1. The molecule has 1 amide bonds. The molecular formula is C23H17FN2O6S. The van der Waals surface area contributed by atoms with Gasteiger partial charge in [0.05, 0.1) is 17.7 Å². The van der Waals surface area contributed by atoms with Gasteiger partial charge in [0.2, 0.25) is 0 Å². The number of anilines is 1. The van der Waals surface area contributed by atoms with E-state index in [9.17, 15) is 22.4 Å². The number of rotatable bonds is 5. The molecule has 0 unspecified atom stereocenters. The fourth-order valence-electron chi connectivity index (χ4n) is 3.38. The maximum atomic E-state index is 13.5. The van der Waals surface area contributed by atoms with Gasteiger partial charge in [-0.1, -0.05) is 0 Å². The van der Waals surface area contributed by atoms with Crippen LogP contribution in [0.2, 0.25) is 0 Å². The molecule has 4 aromatic rings. The van der Waals surface area contributed by atoms with Crippen molar-refractivity contribution >= 4 is 38.6 Å². The van der Waals surface area contributed by atoms with Crippen LogP contribution in [0.1, 0.15) is 26.5 Å². The predicted molar refractivity (Wildman–Crippen MR) is 117 cm³/mol. The summed E-state index contributed by atoms with van der Waals surface area (Å²) in [5.74, 6) is -1.88. The van der Waals surface area contributed by atoms with Crippen LogP contribution in [0.15, 0.2) is 76.3 Å². The Morgan fingerprint density at radius 2 is 1.70 bits per heavy atom. The first kappa shape index (κ1) is 22.2. The van der Waals surface area contributed by atoms with Crippen LogP contribution in [0.5, 0.6) is 0 Å². The van der Waals surface area contributed by atoms with E-state index in [1.54, 1.807) is 6.92 Å². The van der Waals surface area contributed by atoms with Crippen molar-refractivity contribution in [3.63, 3.8) is 0 Å². The highest BCUT2D eigenvalue weighted by Gasteiger charge is 2.33.